The molecule has 154 valence electrons. The molecule has 0 saturated carbocycles. The summed E-state index contributed by atoms with van der Waals surface area (Å²) in [6, 6.07) is 12.9. The molecule has 1 fully saturated rings. The lowest BCUT2D eigenvalue weighted by atomic mass is 10.1. The van der Waals surface area contributed by atoms with E-state index in [1.165, 1.54) is 0 Å². The number of aryl methyl sites for hydroxylation is 1. The molecule has 0 unspecified atom stereocenters. The standard InChI is InChI=1S/C22H26ClN3O3/c1-16-5-3-4-6-19(16)22(28)24-14-21(27)26-11-9-25(10-12-26)15-17-13-18(23)7-8-20(17)29-2/h3-8,13H,9-12,14-15H2,1-2H3,(H,24,28). The number of carbonyl (C=O) groups excluding carboxylic acids is 2. The highest BCUT2D eigenvalue weighted by Gasteiger charge is 2.22. The molecule has 1 aliphatic heterocycles. The van der Waals surface area contributed by atoms with Gasteiger partial charge in [-0.05, 0) is 36.8 Å². The number of ether oxygens (including phenoxy) is 1. The quantitative estimate of drug-likeness (QED) is 0.788. The van der Waals surface area contributed by atoms with E-state index in [0.29, 0.717) is 23.7 Å². The van der Waals surface area contributed by atoms with Crippen molar-refractivity contribution in [2.24, 2.45) is 0 Å². The summed E-state index contributed by atoms with van der Waals surface area (Å²) in [5, 5.41) is 3.41. The van der Waals surface area contributed by atoms with Gasteiger partial charge < -0.3 is 15.0 Å². The summed E-state index contributed by atoms with van der Waals surface area (Å²) in [5.41, 5.74) is 2.52. The zero-order valence-corrected chi connectivity index (χ0v) is 17.5. The maximum Gasteiger partial charge on any atom is 0.251 e. The minimum absolute atomic E-state index is 0.00921. The molecule has 0 spiro atoms. The number of piperazine rings is 1. The van der Waals surface area contributed by atoms with Gasteiger partial charge >= 0.3 is 0 Å². The van der Waals surface area contributed by atoms with Crippen molar-refractivity contribution in [3.05, 3.63) is 64.2 Å². The third kappa shape index (κ3) is 5.49. The van der Waals surface area contributed by atoms with Crippen LogP contribution in [-0.4, -0.2) is 61.4 Å². The Morgan fingerprint density at radius 2 is 1.83 bits per heavy atom. The lowest BCUT2D eigenvalue weighted by Crippen LogP contribution is -2.50. The Labute approximate surface area is 176 Å². The van der Waals surface area contributed by atoms with Gasteiger partial charge in [-0.2, -0.15) is 0 Å². The molecule has 29 heavy (non-hydrogen) atoms. The highest BCUT2D eigenvalue weighted by molar-refractivity contribution is 6.30. The van der Waals surface area contributed by atoms with E-state index in [9.17, 15) is 9.59 Å². The van der Waals surface area contributed by atoms with Gasteiger partial charge in [0.05, 0.1) is 13.7 Å². The Bertz CT molecular complexity index is 879. The first-order chi connectivity index (χ1) is 14.0. The van der Waals surface area contributed by atoms with Crippen LogP contribution in [0.5, 0.6) is 5.75 Å². The maximum absolute atomic E-state index is 12.5. The third-order valence-corrected chi connectivity index (χ3v) is 5.39. The highest BCUT2D eigenvalue weighted by atomic mass is 35.5. The molecule has 2 aromatic rings. The molecule has 0 aromatic heterocycles. The Morgan fingerprint density at radius 3 is 2.52 bits per heavy atom. The smallest absolute Gasteiger partial charge is 0.251 e. The first-order valence-electron chi connectivity index (χ1n) is 9.64. The molecule has 0 aliphatic carbocycles. The van der Waals surface area contributed by atoms with Crippen LogP contribution in [0.25, 0.3) is 0 Å². The normalized spacial score (nSPS) is 14.5. The van der Waals surface area contributed by atoms with Gasteiger partial charge in [-0.15, -0.1) is 0 Å². The molecule has 0 radical (unpaired) electrons. The van der Waals surface area contributed by atoms with Crippen LogP contribution in [0.4, 0.5) is 0 Å². The first kappa shape index (κ1) is 21.1. The van der Waals surface area contributed by atoms with Gasteiger partial charge in [-0.1, -0.05) is 29.8 Å². The van der Waals surface area contributed by atoms with Crippen molar-refractivity contribution in [2.45, 2.75) is 13.5 Å². The van der Waals surface area contributed by atoms with Crippen LogP contribution in [0, 0.1) is 6.92 Å². The summed E-state index contributed by atoms with van der Waals surface area (Å²) in [5.74, 6) is 0.530. The summed E-state index contributed by atoms with van der Waals surface area (Å²) >= 11 is 6.11. The lowest BCUT2D eigenvalue weighted by Gasteiger charge is -2.35. The molecule has 0 bridgehead atoms. The fourth-order valence-corrected chi connectivity index (χ4v) is 3.65. The molecule has 1 heterocycles. The Morgan fingerprint density at radius 1 is 1.10 bits per heavy atom. The lowest BCUT2D eigenvalue weighted by molar-refractivity contribution is -0.131. The summed E-state index contributed by atoms with van der Waals surface area (Å²) in [6.45, 7) is 5.38. The fraction of sp³-hybridized carbons (Fsp3) is 0.364. The van der Waals surface area contributed by atoms with Crippen LogP contribution in [0.3, 0.4) is 0 Å². The number of hydrogen-bond acceptors (Lipinski definition) is 4. The second kappa shape index (κ2) is 9.76. The molecule has 0 atom stereocenters. The number of rotatable bonds is 6. The number of carbonyl (C=O) groups is 2. The second-order valence-electron chi connectivity index (χ2n) is 7.11. The Kier molecular flexibility index (Phi) is 7.12. The van der Waals surface area contributed by atoms with E-state index in [2.05, 4.69) is 10.2 Å². The maximum atomic E-state index is 12.5. The van der Waals surface area contributed by atoms with E-state index in [4.69, 9.17) is 16.3 Å². The van der Waals surface area contributed by atoms with Crippen LogP contribution in [-0.2, 0) is 11.3 Å². The minimum Gasteiger partial charge on any atom is -0.496 e. The van der Waals surface area contributed by atoms with Crippen LogP contribution < -0.4 is 10.1 Å². The fourth-order valence-electron chi connectivity index (χ4n) is 3.46. The van der Waals surface area contributed by atoms with E-state index in [-0.39, 0.29) is 18.4 Å². The predicted octanol–water partition coefficient (Wildman–Crippen LogP) is 2.73. The van der Waals surface area contributed by atoms with Gasteiger partial charge in [-0.3, -0.25) is 14.5 Å². The SMILES string of the molecule is COc1ccc(Cl)cc1CN1CCN(C(=O)CNC(=O)c2ccccc2C)CC1. The van der Waals surface area contributed by atoms with Crippen molar-refractivity contribution in [1.29, 1.82) is 0 Å². The van der Waals surface area contributed by atoms with Crippen molar-refractivity contribution < 1.29 is 14.3 Å². The third-order valence-electron chi connectivity index (χ3n) is 5.15. The average molecular weight is 416 g/mol. The van der Waals surface area contributed by atoms with Gasteiger partial charge in [0.15, 0.2) is 0 Å². The van der Waals surface area contributed by atoms with Gasteiger partial charge in [-0.25, -0.2) is 0 Å². The van der Waals surface area contributed by atoms with E-state index in [1.54, 1.807) is 18.1 Å². The number of benzene rings is 2. The van der Waals surface area contributed by atoms with E-state index >= 15 is 0 Å². The number of nitrogens with one attached hydrogen (secondary N) is 1. The topological polar surface area (TPSA) is 61.9 Å². The molecular weight excluding hydrogens is 390 g/mol. The zero-order chi connectivity index (χ0) is 20.8. The van der Waals surface area contributed by atoms with Crippen molar-refractivity contribution in [1.82, 2.24) is 15.1 Å². The largest absolute Gasteiger partial charge is 0.496 e. The van der Waals surface area contributed by atoms with Crippen molar-refractivity contribution >= 4 is 23.4 Å². The summed E-state index contributed by atoms with van der Waals surface area (Å²) in [4.78, 5) is 28.8. The first-order valence-corrected chi connectivity index (χ1v) is 10.0. The van der Waals surface area contributed by atoms with Crippen molar-refractivity contribution in [3.8, 4) is 5.75 Å². The monoisotopic (exact) mass is 415 g/mol. The van der Waals surface area contributed by atoms with E-state index in [0.717, 1.165) is 36.5 Å². The van der Waals surface area contributed by atoms with Gasteiger partial charge in [0.1, 0.15) is 5.75 Å². The van der Waals surface area contributed by atoms with E-state index in [1.807, 2.05) is 43.3 Å². The molecule has 2 amide bonds. The highest BCUT2D eigenvalue weighted by Crippen LogP contribution is 2.24. The Hall–Kier alpha value is -2.57. The second-order valence-corrected chi connectivity index (χ2v) is 7.55. The zero-order valence-electron chi connectivity index (χ0n) is 16.8. The number of amides is 2. The Balaban J connectivity index is 1.48. The molecule has 1 aliphatic rings. The molecule has 1 N–H and O–H groups in total. The molecular formula is C22H26ClN3O3. The number of nitrogens with zero attached hydrogens (tertiary/aromatic N) is 2. The van der Waals surface area contributed by atoms with Crippen molar-refractivity contribution in [3.63, 3.8) is 0 Å². The summed E-state index contributed by atoms with van der Waals surface area (Å²) in [7, 11) is 1.65. The number of hydrogen-bond donors (Lipinski definition) is 1. The minimum atomic E-state index is -0.219. The van der Waals surface area contributed by atoms with Gasteiger partial charge in [0, 0.05) is 48.9 Å². The number of methoxy groups -OCH3 is 1. The number of halogens is 1. The van der Waals surface area contributed by atoms with Crippen LogP contribution >= 0.6 is 11.6 Å². The molecule has 1 saturated heterocycles. The van der Waals surface area contributed by atoms with Crippen LogP contribution in [0.1, 0.15) is 21.5 Å². The summed E-state index contributed by atoms with van der Waals surface area (Å²) in [6.07, 6.45) is 0. The molecule has 3 rings (SSSR count). The van der Waals surface area contributed by atoms with Gasteiger partial charge in [0.2, 0.25) is 5.91 Å². The van der Waals surface area contributed by atoms with Gasteiger partial charge in [0.25, 0.3) is 5.91 Å². The molecule has 2 aromatic carbocycles. The molecule has 6 nitrogen and oxygen atoms in total. The van der Waals surface area contributed by atoms with E-state index < -0.39 is 0 Å². The predicted molar refractivity (Wildman–Crippen MR) is 113 cm³/mol. The summed E-state index contributed by atoms with van der Waals surface area (Å²) < 4.78 is 5.41. The van der Waals surface area contributed by atoms with Crippen LogP contribution in [0.2, 0.25) is 5.02 Å². The van der Waals surface area contributed by atoms with Crippen molar-refractivity contribution in [2.75, 3.05) is 39.8 Å². The average Bonchev–Trinajstić information content (AvgIpc) is 2.73. The van der Waals surface area contributed by atoms with Crippen LogP contribution in [0.15, 0.2) is 42.5 Å². The molecule has 7 heteroatoms.